The van der Waals surface area contributed by atoms with E-state index >= 15 is 0 Å². The number of benzene rings is 1. The van der Waals surface area contributed by atoms with Crippen LogP contribution in [-0.2, 0) is 0 Å². The first-order chi connectivity index (χ1) is 10.4. The second-order valence-corrected chi connectivity index (χ2v) is 5.25. The minimum absolute atomic E-state index is 0.0609. The van der Waals surface area contributed by atoms with E-state index in [-0.39, 0.29) is 11.8 Å². The van der Waals surface area contributed by atoms with Gasteiger partial charge in [0.2, 0.25) is 0 Å². The van der Waals surface area contributed by atoms with Crippen LogP contribution in [-0.4, -0.2) is 43.6 Å². The minimum Gasteiger partial charge on any atom is -0.428 e. The molecule has 0 unspecified atom stereocenters. The standard InChI is InChI=1S/C15H20F4N2O/c1-2-13(21-8-6-20-7-9-21)11-4-3-5-12(10-11)22-15(18,19)14(16)17/h3-5,10,13-14,20H,2,6-9H2,1H3/t13-/m0/s1. The lowest BCUT2D eigenvalue weighted by Crippen LogP contribution is -2.45. The molecule has 1 heterocycles. The molecule has 0 amide bonds. The van der Waals surface area contributed by atoms with E-state index in [4.69, 9.17) is 0 Å². The molecule has 1 atom stereocenters. The van der Waals surface area contributed by atoms with Gasteiger partial charge >= 0.3 is 12.5 Å². The minimum atomic E-state index is -4.48. The van der Waals surface area contributed by atoms with E-state index in [2.05, 4.69) is 15.0 Å². The number of halogens is 4. The topological polar surface area (TPSA) is 24.5 Å². The summed E-state index contributed by atoms with van der Waals surface area (Å²) in [6.45, 7) is 5.47. The average molecular weight is 320 g/mol. The van der Waals surface area contributed by atoms with Gasteiger partial charge in [-0.1, -0.05) is 19.1 Å². The Morgan fingerprint density at radius 3 is 2.55 bits per heavy atom. The molecular formula is C15H20F4N2O. The van der Waals surface area contributed by atoms with Crippen LogP contribution in [0.2, 0.25) is 0 Å². The molecule has 1 aromatic carbocycles. The Bertz CT molecular complexity index is 478. The highest BCUT2D eigenvalue weighted by atomic mass is 19.3. The molecule has 124 valence electrons. The smallest absolute Gasteiger partial charge is 0.428 e. The van der Waals surface area contributed by atoms with Crippen molar-refractivity contribution < 1.29 is 22.3 Å². The van der Waals surface area contributed by atoms with Crippen LogP contribution in [0.25, 0.3) is 0 Å². The molecule has 0 spiro atoms. The van der Waals surface area contributed by atoms with Gasteiger partial charge in [-0.3, -0.25) is 4.90 Å². The first kappa shape index (κ1) is 17.0. The summed E-state index contributed by atoms with van der Waals surface area (Å²) in [6, 6.07) is 6.11. The van der Waals surface area contributed by atoms with E-state index < -0.39 is 12.5 Å². The van der Waals surface area contributed by atoms with Crippen LogP contribution < -0.4 is 10.1 Å². The molecule has 1 aromatic rings. The van der Waals surface area contributed by atoms with Gasteiger partial charge in [0.1, 0.15) is 5.75 Å². The largest absolute Gasteiger partial charge is 0.461 e. The number of piperazine rings is 1. The predicted octanol–water partition coefficient (Wildman–Crippen LogP) is 3.28. The van der Waals surface area contributed by atoms with Crippen molar-refractivity contribution in [3.05, 3.63) is 29.8 Å². The molecule has 1 fully saturated rings. The maximum atomic E-state index is 13.0. The molecule has 22 heavy (non-hydrogen) atoms. The van der Waals surface area contributed by atoms with Crippen molar-refractivity contribution in [1.29, 1.82) is 0 Å². The van der Waals surface area contributed by atoms with Crippen LogP contribution >= 0.6 is 0 Å². The summed E-state index contributed by atoms with van der Waals surface area (Å²) in [4.78, 5) is 2.25. The summed E-state index contributed by atoms with van der Waals surface area (Å²) in [7, 11) is 0. The maximum absolute atomic E-state index is 13.0. The Morgan fingerprint density at radius 2 is 1.95 bits per heavy atom. The molecule has 3 nitrogen and oxygen atoms in total. The van der Waals surface area contributed by atoms with Gasteiger partial charge < -0.3 is 10.1 Å². The van der Waals surface area contributed by atoms with Gasteiger partial charge in [-0.05, 0) is 24.1 Å². The van der Waals surface area contributed by atoms with Crippen LogP contribution in [0.15, 0.2) is 24.3 Å². The Morgan fingerprint density at radius 1 is 1.27 bits per heavy atom. The summed E-state index contributed by atoms with van der Waals surface area (Å²) < 4.78 is 54.6. The summed E-state index contributed by atoms with van der Waals surface area (Å²) >= 11 is 0. The first-order valence-electron chi connectivity index (χ1n) is 7.33. The van der Waals surface area contributed by atoms with Gasteiger partial charge in [0.15, 0.2) is 0 Å². The molecule has 1 saturated heterocycles. The van der Waals surface area contributed by atoms with Crippen molar-refractivity contribution >= 4 is 0 Å². The van der Waals surface area contributed by atoms with Crippen LogP contribution in [0.1, 0.15) is 24.9 Å². The van der Waals surface area contributed by atoms with Crippen molar-refractivity contribution in [2.45, 2.75) is 31.9 Å². The molecule has 0 saturated carbocycles. The van der Waals surface area contributed by atoms with Gasteiger partial charge in [-0.2, -0.15) is 17.6 Å². The molecule has 0 bridgehead atoms. The number of hydrogen-bond acceptors (Lipinski definition) is 3. The molecule has 0 aliphatic carbocycles. The molecule has 1 N–H and O–H groups in total. The van der Waals surface area contributed by atoms with Crippen molar-refractivity contribution in [2.24, 2.45) is 0 Å². The summed E-state index contributed by atoms with van der Waals surface area (Å²) in [5.74, 6) is -0.239. The van der Waals surface area contributed by atoms with Crippen LogP contribution in [0.3, 0.4) is 0 Å². The molecular weight excluding hydrogens is 300 g/mol. The summed E-state index contributed by atoms with van der Waals surface area (Å²) in [6.07, 6.45) is -7.53. The van der Waals surface area contributed by atoms with Crippen LogP contribution in [0, 0.1) is 0 Å². The normalized spacial score (nSPS) is 18.5. The van der Waals surface area contributed by atoms with Gasteiger partial charge in [0, 0.05) is 32.2 Å². The molecule has 2 rings (SSSR count). The van der Waals surface area contributed by atoms with Gasteiger partial charge in [-0.25, -0.2) is 0 Å². The fourth-order valence-electron chi connectivity index (χ4n) is 2.69. The average Bonchev–Trinajstić information content (AvgIpc) is 2.49. The Kier molecular flexibility index (Phi) is 5.63. The third-order valence-electron chi connectivity index (χ3n) is 3.73. The van der Waals surface area contributed by atoms with E-state index in [0.29, 0.717) is 0 Å². The van der Waals surface area contributed by atoms with E-state index in [1.54, 1.807) is 6.07 Å². The molecule has 0 aromatic heterocycles. The fraction of sp³-hybridized carbons (Fsp3) is 0.600. The third-order valence-corrected chi connectivity index (χ3v) is 3.73. The molecule has 7 heteroatoms. The number of hydrogen-bond donors (Lipinski definition) is 1. The number of nitrogens with zero attached hydrogens (tertiary/aromatic N) is 1. The van der Waals surface area contributed by atoms with Crippen molar-refractivity contribution in [3.8, 4) is 5.75 Å². The zero-order valence-corrected chi connectivity index (χ0v) is 12.4. The second-order valence-electron chi connectivity index (χ2n) is 5.25. The van der Waals surface area contributed by atoms with E-state index in [1.807, 2.05) is 13.0 Å². The monoisotopic (exact) mass is 320 g/mol. The Labute approximate surface area is 127 Å². The van der Waals surface area contributed by atoms with Crippen molar-refractivity contribution in [1.82, 2.24) is 10.2 Å². The number of alkyl halides is 4. The van der Waals surface area contributed by atoms with Gasteiger partial charge in [0.05, 0.1) is 0 Å². The highest BCUT2D eigenvalue weighted by Crippen LogP contribution is 2.31. The lowest BCUT2D eigenvalue weighted by molar-refractivity contribution is -0.253. The highest BCUT2D eigenvalue weighted by molar-refractivity contribution is 5.31. The van der Waals surface area contributed by atoms with E-state index in [9.17, 15) is 17.6 Å². The van der Waals surface area contributed by atoms with E-state index in [0.717, 1.165) is 38.2 Å². The SMILES string of the molecule is CC[C@@H](c1cccc(OC(F)(F)C(F)F)c1)N1CCNCC1. The number of ether oxygens (including phenoxy) is 1. The van der Waals surface area contributed by atoms with Crippen molar-refractivity contribution in [2.75, 3.05) is 26.2 Å². The van der Waals surface area contributed by atoms with Gasteiger partial charge in [-0.15, -0.1) is 0 Å². The van der Waals surface area contributed by atoms with Crippen LogP contribution in [0.4, 0.5) is 17.6 Å². The Hall–Kier alpha value is -1.34. The maximum Gasteiger partial charge on any atom is 0.461 e. The second kappa shape index (κ2) is 7.28. The zero-order valence-electron chi connectivity index (χ0n) is 12.4. The van der Waals surface area contributed by atoms with Crippen LogP contribution in [0.5, 0.6) is 5.75 Å². The van der Waals surface area contributed by atoms with Gasteiger partial charge in [0.25, 0.3) is 0 Å². The third kappa shape index (κ3) is 4.10. The summed E-state index contributed by atoms with van der Waals surface area (Å²) in [5, 5.41) is 3.25. The predicted molar refractivity (Wildman–Crippen MR) is 75.5 cm³/mol. The number of rotatable bonds is 6. The quantitative estimate of drug-likeness (QED) is 0.814. The molecule has 0 radical (unpaired) electrons. The number of nitrogens with one attached hydrogen (secondary N) is 1. The Balaban J connectivity index is 2.15. The summed E-state index contributed by atoms with van der Waals surface area (Å²) in [5.41, 5.74) is 0.798. The lowest BCUT2D eigenvalue weighted by Gasteiger charge is -2.35. The first-order valence-corrected chi connectivity index (χ1v) is 7.33. The highest BCUT2D eigenvalue weighted by Gasteiger charge is 2.44. The van der Waals surface area contributed by atoms with Crippen molar-refractivity contribution in [3.63, 3.8) is 0 Å². The molecule has 1 aliphatic heterocycles. The molecule has 1 aliphatic rings. The lowest BCUT2D eigenvalue weighted by atomic mass is 10.0. The van der Waals surface area contributed by atoms with E-state index in [1.165, 1.54) is 12.1 Å². The zero-order chi connectivity index (χ0) is 16.2. The fourth-order valence-corrected chi connectivity index (χ4v) is 2.69.